The maximum Gasteiger partial charge on any atom is 0.0802 e. The van der Waals surface area contributed by atoms with Crippen LogP contribution in [0.5, 0.6) is 0 Å². The number of rotatable bonds is 6. The lowest BCUT2D eigenvalue weighted by molar-refractivity contribution is -0.0990. The van der Waals surface area contributed by atoms with E-state index in [-0.39, 0.29) is 6.10 Å². The fourth-order valence-electron chi connectivity index (χ4n) is 2.02. The Bertz CT molecular complexity index is 335. The summed E-state index contributed by atoms with van der Waals surface area (Å²) in [5.41, 5.74) is 1.30. The van der Waals surface area contributed by atoms with Gasteiger partial charge in [0.1, 0.15) is 0 Å². The minimum Gasteiger partial charge on any atom is -0.388 e. The molecule has 1 heterocycles. The van der Waals surface area contributed by atoms with Crippen molar-refractivity contribution >= 4 is 0 Å². The van der Waals surface area contributed by atoms with Gasteiger partial charge >= 0.3 is 0 Å². The molecule has 1 aliphatic heterocycles. The number of hydrogen-bond donors (Lipinski definition) is 2. The summed E-state index contributed by atoms with van der Waals surface area (Å²) >= 11 is 0. The molecule has 1 atom stereocenters. The van der Waals surface area contributed by atoms with Gasteiger partial charge in [0, 0.05) is 12.0 Å². The van der Waals surface area contributed by atoms with Gasteiger partial charge in [0.25, 0.3) is 0 Å². The quantitative estimate of drug-likeness (QED) is 0.738. The molecule has 1 saturated heterocycles. The average molecular weight is 235 g/mol. The van der Waals surface area contributed by atoms with Gasteiger partial charge in [0.15, 0.2) is 0 Å². The van der Waals surface area contributed by atoms with Crippen molar-refractivity contribution in [2.45, 2.75) is 19.4 Å². The van der Waals surface area contributed by atoms with Crippen LogP contribution in [-0.4, -0.2) is 31.4 Å². The molecule has 0 radical (unpaired) electrons. The number of aliphatic hydroxyl groups is 1. The Kier molecular flexibility index (Phi) is 4.15. The third kappa shape index (κ3) is 3.53. The molecule has 1 aromatic rings. The van der Waals surface area contributed by atoms with Crippen LogP contribution in [0.2, 0.25) is 0 Å². The second kappa shape index (κ2) is 5.63. The molecule has 2 rings (SSSR count). The van der Waals surface area contributed by atoms with E-state index in [0.29, 0.717) is 5.41 Å². The lowest BCUT2D eigenvalue weighted by atomic mass is 9.89. The molecule has 0 aliphatic carbocycles. The fourth-order valence-corrected chi connectivity index (χ4v) is 2.02. The van der Waals surface area contributed by atoms with Crippen molar-refractivity contribution < 1.29 is 9.84 Å². The second-order valence-corrected chi connectivity index (χ2v) is 5.20. The topological polar surface area (TPSA) is 41.5 Å². The molecule has 94 valence electrons. The molecule has 0 unspecified atom stereocenters. The molecular weight excluding hydrogens is 214 g/mol. The first-order valence-corrected chi connectivity index (χ1v) is 6.21. The van der Waals surface area contributed by atoms with Crippen LogP contribution >= 0.6 is 0 Å². The molecule has 0 bridgehead atoms. The second-order valence-electron chi connectivity index (χ2n) is 5.20. The third-order valence-electron chi connectivity index (χ3n) is 3.23. The van der Waals surface area contributed by atoms with Gasteiger partial charge in [0.05, 0.1) is 19.3 Å². The highest BCUT2D eigenvalue weighted by atomic mass is 16.5. The highest BCUT2D eigenvalue weighted by Crippen LogP contribution is 2.25. The first-order chi connectivity index (χ1) is 8.20. The van der Waals surface area contributed by atoms with Crippen LogP contribution in [0.25, 0.3) is 0 Å². The Labute approximate surface area is 103 Å². The number of nitrogens with one attached hydrogen (secondary N) is 1. The highest BCUT2D eigenvalue weighted by Gasteiger charge is 2.32. The standard InChI is InChI=1S/C14H21NO2/c1-14(10-17-11-14)9-15-8-7-13(16)12-5-3-2-4-6-12/h2-6,13,15-16H,7-11H2,1H3/t13-/m1/s1. The van der Waals surface area contributed by atoms with Crippen LogP contribution in [0.1, 0.15) is 25.0 Å². The molecule has 3 nitrogen and oxygen atoms in total. The van der Waals surface area contributed by atoms with Gasteiger partial charge < -0.3 is 15.2 Å². The molecule has 1 aliphatic rings. The molecule has 0 saturated carbocycles. The van der Waals surface area contributed by atoms with E-state index in [4.69, 9.17) is 4.74 Å². The van der Waals surface area contributed by atoms with Gasteiger partial charge in [-0.2, -0.15) is 0 Å². The van der Waals surface area contributed by atoms with Crippen LogP contribution in [0.15, 0.2) is 30.3 Å². The average Bonchev–Trinajstić information content (AvgIpc) is 2.33. The smallest absolute Gasteiger partial charge is 0.0802 e. The largest absolute Gasteiger partial charge is 0.388 e. The zero-order valence-corrected chi connectivity index (χ0v) is 10.4. The molecule has 3 heteroatoms. The highest BCUT2D eigenvalue weighted by molar-refractivity contribution is 5.17. The van der Waals surface area contributed by atoms with Gasteiger partial charge in [0.2, 0.25) is 0 Å². The Balaban J connectivity index is 1.65. The van der Waals surface area contributed by atoms with E-state index >= 15 is 0 Å². The zero-order valence-electron chi connectivity index (χ0n) is 10.4. The summed E-state index contributed by atoms with van der Waals surface area (Å²) in [6.45, 7) is 5.72. The first kappa shape index (κ1) is 12.6. The van der Waals surface area contributed by atoms with Gasteiger partial charge in [-0.3, -0.25) is 0 Å². The van der Waals surface area contributed by atoms with Crippen LogP contribution < -0.4 is 5.32 Å². The normalized spacial score (nSPS) is 19.6. The Hall–Kier alpha value is -0.900. The van der Waals surface area contributed by atoms with Crippen molar-refractivity contribution in [3.63, 3.8) is 0 Å². The van der Waals surface area contributed by atoms with Gasteiger partial charge in [-0.05, 0) is 18.5 Å². The maximum atomic E-state index is 9.96. The molecule has 17 heavy (non-hydrogen) atoms. The third-order valence-corrected chi connectivity index (χ3v) is 3.23. The van der Waals surface area contributed by atoms with Crippen molar-refractivity contribution in [3.8, 4) is 0 Å². The number of aliphatic hydroxyl groups excluding tert-OH is 1. The van der Waals surface area contributed by atoms with E-state index in [1.165, 1.54) is 0 Å². The first-order valence-electron chi connectivity index (χ1n) is 6.21. The summed E-state index contributed by atoms with van der Waals surface area (Å²) in [7, 11) is 0. The van der Waals surface area contributed by atoms with Crippen molar-refractivity contribution in [2.75, 3.05) is 26.3 Å². The van der Waals surface area contributed by atoms with E-state index in [9.17, 15) is 5.11 Å². The number of ether oxygens (including phenoxy) is 1. The monoisotopic (exact) mass is 235 g/mol. The van der Waals surface area contributed by atoms with Crippen LogP contribution in [0.3, 0.4) is 0 Å². The zero-order chi connectivity index (χ0) is 12.1. The van der Waals surface area contributed by atoms with E-state index in [2.05, 4.69) is 12.2 Å². The predicted octanol–water partition coefficient (Wildman–Crippen LogP) is 1.74. The van der Waals surface area contributed by atoms with Gasteiger partial charge in [-0.1, -0.05) is 37.3 Å². The van der Waals surface area contributed by atoms with Crippen LogP contribution in [0, 0.1) is 5.41 Å². The number of benzene rings is 1. The molecule has 0 amide bonds. The van der Waals surface area contributed by atoms with E-state index in [1.807, 2.05) is 30.3 Å². The van der Waals surface area contributed by atoms with Crippen LogP contribution in [0.4, 0.5) is 0 Å². The molecular formula is C14H21NO2. The van der Waals surface area contributed by atoms with Crippen molar-refractivity contribution in [1.29, 1.82) is 0 Å². The Morgan fingerprint density at radius 1 is 1.35 bits per heavy atom. The fraction of sp³-hybridized carbons (Fsp3) is 0.571. The Morgan fingerprint density at radius 3 is 2.65 bits per heavy atom. The molecule has 1 aromatic carbocycles. The van der Waals surface area contributed by atoms with Gasteiger partial charge in [-0.25, -0.2) is 0 Å². The Morgan fingerprint density at radius 2 is 2.06 bits per heavy atom. The molecule has 1 fully saturated rings. The molecule has 2 N–H and O–H groups in total. The summed E-state index contributed by atoms with van der Waals surface area (Å²) in [4.78, 5) is 0. The summed E-state index contributed by atoms with van der Waals surface area (Å²) < 4.78 is 5.20. The summed E-state index contributed by atoms with van der Waals surface area (Å²) in [5.74, 6) is 0. The SMILES string of the molecule is CC1(CNCC[C@@H](O)c2ccccc2)COC1. The molecule has 0 aromatic heterocycles. The van der Waals surface area contributed by atoms with Gasteiger partial charge in [-0.15, -0.1) is 0 Å². The number of hydrogen-bond acceptors (Lipinski definition) is 3. The maximum absolute atomic E-state index is 9.96. The molecule has 0 spiro atoms. The van der Waals surface area contributed by atoms with Crippen molar-refractivity contribution in [1.82, 2.24) is 5.32 Å². The van der Waals surface area contributed by atoms with E-state index in [0.717, 1.165) is 38.3 Å². The van der Waals surface area contributed by atoms with E-state index in [1.54, 1.807) is 0 Å². The lowest BCUT2D eigenvalue weighted by Crippen LogP contribution is -2.47. The summed E-state index contributed by atoms with van der Waals surface area (Å²) in [6, 6.07) is 9.81. The van der Waals surface area contributed by atoms with Crippen molar-refractivity contribution in [3.05, 3.63) is 35.9 Å². The van der Waals surface area contributed by atoms with E-state index < -0.39 is 0 Å². The minimum atomic E-state index is -0.367. The van der Waals surface area contributed by atoms with Crippen LogP contribution in [-0.2, 0) is 4.74 Å². The predicted molar refractivity (Wildman–Crippen MR) is 67.8 cm³/mol. The minimum absolute atomic E-state index is 0.303. The van der Waals surface area contributed by atoms with Crippen molar-refractivity contribution in [2.24, 2.45) is 5.41 Å². The lowest BCUT2D eigenvalue weighted by Gasteiger charge is -2.38. The summed E-state index contributed by atoms with van der Waals surface area (Å²) in [6.07, 6.45) is 0.384. The summed E-state index contributed by atoms with van der Waals surface area (Å²) in [5, 5.41) is 13.3.